The van der Waals surface area contributed by atoms with E-state index in [1.165, 1.54) is 0 Å². The molecule has 144 valence electrons. The first kappa shape index (κ1) is 20.3. The van der Waals surface area contributed by atoms with Crippen LogP contribution in [0.1, 0.15) is 26.3 Å². The molecular formula is C21H26N2O4. The largest absolute Gasteiger partial charge is 0.497 e. The maximum absolute atomic E-state index is 12.8. The summed E-state index contributed by atoms with van der Waals surface area (Å²) in [5.41, 5.74) is 0.868. The van der Waals surface area contributed by atoms with E-state index >= 15 is 0 Å². The van der Waals surface area contributed by atoms with Crippen molar-refractivity contribution in [1.82, 2.24) is 5.32 Å². The molecule has 0 aliphatic rings. The number of benzene rings is 2. The second-order valence-electron chi connectivity index (χ2n) is 7.11. The Morgan fingerprint density at radius 1 is 1.04 bits per heavy atom. The standard InChI is InChI=1S/C21H26N2O4/c1-21(2,3)27-20(25)23-18(13-15-9-6-5-7-10-15)19(24)22-16-11-8-12-17(14-16)26-4/h5-12,14,18H,13H2,1-4H3,(H,22,24)(H,23,25). The van der Waals surface area contributed by atoms with Gasteiger partial charge in [0, 0.05) is 18.2 Å². The average molecular weight is 370 g/mol. The van der Waals surface area contributed by atoms with Crippen molar-refractivity contribution in [2.45, 2.75) is 38.8 Å². The summed E-state index contributed by atoms with van der Waals surface area (Å²) in [4.78, 5) is 25.0. The van der Waals surface area contributed by atoms with E-state index in [4.69, 9.17) is 9.47 Å². The number of amides is 2. The van der Waals surface area contributed by atoms with E-state index in [-0.39, 0.29) is 5.91 Å². The number of methoxy groups -OCH3 is 1. The summed E-state index contributed by atoms with van der Waals surface area (Å²) in [6.45, 7) is 5.32. The molecule has 0 bridgehead atoms. The first-order chi connectivity index (χ1) is 12.8. The fraction of sp³-hybridized carbons (Fsp3) is 0.333. The molecule has 2 aromatic rings. The maximum Gasteiger partial charge on any atom is 0.408 e. The number of alkyl carbamates (subject to hydrolysis) is 1. The van der Waals surface area contributed by atoms with Crippen LogP contribution < -0.4 is 15.4 Å². The van der Waals surface area contributed by atoms with E-state index in [1.54, 1.807) is 52.1 Å². The normalized spacial score (nSPS) is 12.0. The zero-order valence-corrected chi connectivity index (χ0v) is 16.1. The molecule has 6 heteroatoms. The lowest BCUT2D eigenvalue weighted by atomic mass is 10.1. The number of hydrogen-bond donors (Lipinski definition) is 2. The number of hydrogen-bond acceptors (Lipinski definition) is 4. The molecule has 0 saturated heterocycles. The van der Waals surface area contributed by atoms with Crippen molar-refractivity contribution in [3.63, 3.8) is 0 Å². The summed E-state index contributed by atoms with van der Waals surface area (Å²) in [6, 6.07) is 15.7. The molecule has 2 rings (SSSR count). The molecule has 0 saturated carbocycles. The SMILES string of the molecule is COc1cccc(NC(=O)C(Cc2ccccc2)NC(=O)OC(C)(C)C)c1. The fourth-order valence-corrected chi connectivity index (χ4v) is 2.44. The highest BCUT2D eigenvalue weighted by molar-refractivity contribution is 5.96. The van der Waals surface area contributed by atoms with Crippen LogP contribution >= 0.6 is 0 Å². The summed E-state index contributed by atoms with van der Waals surface area (Å²) in [5.74, 6) is 0.297. The van der Waals surface area contributed by atoms with Gasteiger partial charge in [-0.05, 0) is 38.5 Å². The van der Waals surface area contributed by atoms with Gasteiger partial charge in [-0.15, -0.1) is 0 Å². The van der Waals surface area contributed by atoms with Gasteiger partial charge in [0.2, 0.25) is 5.91 Å². The molecule has 27 heavy (non-hydrogen) atoms. The molecule has 2 N–H and O–H groups in total. The summed E-state index contributed by atoms with van der Waals surface area (Å²) >= 11 is 0. The van der Waals surface area contributed by atoms with E-state index < -0.39 is 17.7 Å². The molecule has 0 spiro atoms. The molecule has 0 aliphatic heterocycles. The van der Waals surface area contributed by atoms with Gasteiger partial charge < -0.3 is 20.1 Å². The average Bonchev–Trinajstić information content (AvgIpc) is 2.60. The van der Waals surface area contributed by atoms with Crippen LogP contribution in [0.3, 0.4) is 0 Å². The highest BCUT2D eigenvalue weighted by Crippen LogP contribution is 2.17. The number of nitrogens with one attached hydrogen (secondary N) is 2. The zero-order valence-electron chi connectivity index (χ0n) is 16.1. The predicted octanol–water partition coefficient (Wildman–Crippen LogP) is 3.77. The molecule has 6 nitrogen and oxygen atoms in total. The molecule has 0 aromatic heterocycles. The Kier molecular flexibility index (Phi) is 6.82. The minimum atomic E-state index is -0.784. The van der Waals surface area contributed by atoms with Crippen LogP contribution in [0.25, 0.3) is 0 Å². The summed E-state index contributed by atoms with van der Waals surface area (Å²) in [5, 5.41) is 5.48. The predicted molar refractivity (Wildman–Crippen MR) is 105 cm³/mol. The highest BCUT2D eigenvalue weighted by Gasteiger charge is 2.25. The molecule has 2 amide bonds. The van der Waals surface area contributed by atoms with Gasteiger partial charge in [-0.25, -0.2) is 4.79 Å². The number of anilines is 1. The van der Waals surface area contributed by atoms with Crippen LogP contribution in [-0.4, -0.2) is 30.8 Å². The Morgan fingerprint density at radius 2 is 1.74 bits per heavy atom. The lowest BCUT2D eigenvalue weighted by Gasteiger charge is -2.23. The quantitative estimate of drug-likeness (QED) is 0.811. The molecule has 0 heterocycles. The van der Waals surface area contributed by atoms with Gasteiger partial charge in [-0.2, -0.15) is 0 Å². The first-order valence-electron chi connectivity index (χ1n) is 8.75. The van der Waals surface area contributed by atoms with Crippen LogP contribution in [0.15, 0.2) is 54.6 Å². The maximum atomic E-state index is 12.8. The minimum absolute atomic E-state index is 0.335. The molecule has 0 radical (unpaired) electrons. The molecule has 0 fully saturated rings. The summed E-state index contributed by atoms with van der Waals surface area (Å²) in [7, 11) is 1.56. The van der Waals surface area contributed by atoms with Crippen molar-refractivity contribution in [3.8, 4) is 5.75 Å². The van der Waals surface area contributed by atoms with E-state index in [0.717, 1.165) is 5.56 Å². The number of rotatable bonds is 6. The third-order valence-corrected chi connectivity index (χ3v) is 3.63. The van der Waals surface area contributed by atoms with Crippen molar-refractivity contribution in [2.24, 2.45) is 0 Å². The topological polar surface area (TPSA) is 76.7 Å². The van der Waals surface area contributed by atoms with Gasteiger partial charge in [-0.3, -0.25) is 4.79 Å². The molecule has 1 unspecified atom stereocenters. The Balaban J connectivity index is 2.14. The van der Waals surface area contributed by atoms with Crippen LogP contribution in [0.4, 0.5) is 10.5 Å². The molecule has 1 atom stereocenters. The van der Waals surface area contributed by atoms with Gasteiger partial charge in [0.1, 0.15) is 17.4 Å². The fourth-order valence-electron chi connectivity index (χ4n) is 2.44. The number of ether oxygens (including phenoxy) is 2. The van der Waals surface area contributed by atoms with Crippen molar-refractivity contribution in [1.29, 1.82) is 0 Å². The van der Waals surface area contributed by atoms with Crippen molar-refractivity contribution in [3.05, 3.63) is 60.2 Å². The van der Waals surface area contributed by atoms with Crippen LogP contribution in [0.5, 0.6) is 5.75 Å². The Labute approximate surface area is 159 Å². The number of carbonyl (C=O) groups excluding carboxylic acids is 2. The van der Waals surface area contributed by atoms with E-state index in [2.05, 4.69) is 10.6 Å². The highest BCUT2D eigenvalue weighted by atomic mass is 16.6. The molecular weight excluding hydrogens is 344 g/mol. The van der Waals surface area contributed by atoms with E-state index in [0.29, 0.717) is 17.9 Å². The number of carbonyl (C=O) groups is 2. The second-order valence-corrected chi connectivity index (χ2v) is 7.11. The van der Waals surface area contributed by atoms with E-state index in [9.17, 15) is 9.59 Å². The van der Waals surface area contributed by atoms with Crippen molar-refractivity contribution < 1.29 is 19.1 Å². The van der Waals surface area contributed by atoms with E-state index in [1.807, 2.05) is 30.3 Å². The van der Waals surface area contributed by atoms with Crippen LogP contribution in [-0.2, 0) is 16.0 Å². The third-order valence-electron chi connectivity index (χ3n) is 3.63. The molecule has 0 aliphatic carbocycles. The summed E-state index contributed by atoms with van der Waals surface area (Å²) < 4.78 is 10.5. The van der Waals surface area contributed by atoms with Gasteiger partial charge in [0.05, 0.1) is 7.11 Å². The van der Waals surface area contributed by atoms with Gasteiger partial charge >= 0.3 is 6.09 Å². The lowest BCUT2D eigenvalue weighted by Crippen LogP contribution is -2.47. The first-order valence-corrected chi connectivity index (χ1v) is 8.75. The summed E-state index contributed by atoms with van der Waals surface area (Å²) in [6.07, 6.45) is -0.292. The third kappa shape index (κ3) is 7.01. The van der Waals surface area contributed by atoms with Crippen LogP contribution in [0.2, 0.25) is 0 Å². The zero-order chi connectivity index (χ0) is 19.9. The monoisotopic (exact) mass is 370 g/mol. The smallest absolute Gasteiger partial charge is 0.408 e. The van der Waals surface area contributed by atoms with Gasteiger partial charge in [0.15, 0.2) is 0 Å². The Hall–Kier alpha value is -3.02. The Bertz CT molecular complexity index is 769. The molecule has 2 aromatic carbocycles. The lowest BCUT2D eigenvalue weighted by molar-refractivity contribution is -0.118. The van der Waals surface area contributed by atoms with Crippen molar-refractivity contribution in [2.75, 3.05) is 12.4 Å². The van der Waals surface area contributed by atoms with Crippen LogP contribution in [0, 0.1) is 0 Å². The van der Waals surface area contributed by atoms with Gasteiger partial charge in [-0.1, -0.05) is 36.4 Å². The second kappa shape index (κ2) is 9.07. The Morgan fingerprint density at radius 3 is 2.37 bits per heavy atom. The van der Waals surface area contributed by atoms with Gasteiger partial charge in [0.25, 0.3) is 0 Å². The van der Waals surface area contributed by atoms with Crippen molar-refractivity contribution >= 4 is 17.7 Å². The minimum Gasteiger partial charge on any atom is -0.497 e.